The molecule has 0 radical (unpaired) electrons. The Morgan fingerprint density at radius 3 is 2.58 bits per heavy atom. The maximum absolute atomic E-state index is 10.9. The first-order valence-electron chi connectivity index (χ1n) is 3.69. The lowest BCUT2D eigenvalue weighted by atomic mass is 10.2. The fourth-order valence-electron chi connectivity index (χ4n) is 1.11. The molecule has 12 heavy (non-hydrogen) atoms. The van der Waals surface area contributed by atoms with Gasteiger partial charge in [0.05, 0.1) is 5.69 Å². The third-order valence-corrected chi connectivity index (χ3v) is 1.75. The van der Waals surface area contributed by atoms with Gasteiger partial charge in [0.25, 0.3) is 5.91 Å². The highest BCUT2D eigenvalue weighted by molar-refractivity contribution is 5.98. The van der Waals surface area contributed by atoms with Crippen LogP contribution in [0.25, 0.3) is 0 Å². The Kier molecular flexibility index (Phi) is 2.03. The van der Waals surface area contributed by atoms with E-state index in [1.54, 1.807) is 7.05 Å². The van der Waals surface area contributed by atoms with Crippen LogP contribution in [-0.2, 0) is 13.5 Å². The molecule has 0 aliphatic heterocycles. The molecule has 0 aliphatic carbocycles. The summed E-state index contributed by atoms with van der Waals surface area (Å²) in [6.45, 7) is 1.90. The lowest BCUT2D eigenvalue weighted by Crippen LogP contribution is -2.14. The van der Waals surface area contributed by atoms with Crippen LogP contribution in [0.2, 0.25) is 0 Å². The van der Waals surface area contributed by atoms with Crippen LogP contribution in [0.4, 0.5) is 5.82 Å². The molecule has 1 rings (SSSR count). The molecule has 1 heterocycles. The van der Waals surface area contributed by atoms with Crippen LogP contribution in [0.3, 0.4) is 0 Å². The number of rotatable bonds is 2. The number of aryl methyl sites for hydroxylation is 2. The number of amides is 1. The van der Waals surface area contributed by atoms with Crippen molar-refractivity contribution in [3.63, 3.8) is 0 Å². The van der Waals surface area contributed by atoms with Crippen molar-refractivity contribution in [2.24, 2.45) is 12.8 Å². The van der Waals surface area contributed by atoms with Crippen LogP contribution in [0.1, 0.15) is 23.0 Å². The van der Waals surface area contributed by atoms with E-state index >= 15 is 0 Å². The van der Waals surface area contributed by atoms with Crippen molar-refractivity contribution in [2.75, 3.05) is 5.73 Å². The number of carbonyl (C=O) groups is 1. The first-order chi connectivity index (χ1) is 5.57. The molecule has 1 aromatic rings. The molecular formula is C7H12N4O. The number of primary amides is 1. The van der Waals surface area contributed by atoms with Gasteiger partial charge in [0, 0.05) is 7.05 Å². The first kappa shape index (κ1) is 8.58. The number of aromatic nitrogens is 2. The van der Waals surface area contributed by atoms with E-state index < -0.39 is 5.91 Å². The van der Waals surface area contributed by atoms with Gasteiger partial charge in [-0.1, -0.05) is 6.92 Å². The minimum absolute atomic E-state index is 0.333. The molecule has 0 saturated carbocycles. The van der Waals surface area contributed by atoms with Crippen LogP contribution in [0.5, 0.6) is 0 Å². The number of nitrogens with zero attached hydrogens (tertiary/aromatic N) is 2. The van der Waals surface area contributed by atoms with Gasteiger partial charge in [0.1, 0.15) is 11.4 Å². The zero-order chi connectivity index (χ0) is 9.30. The highest BCUT2D eigenvalue weighted by Crippen LogP contribution is 2.14. The first-order valence-corrected chi connectivity index (χ1v) is 3.69. The Hall–Kier alpha value is -1.52. The van der Waals surface area contributed by atoms with Crippen LogP contribution >= 0.6 is 0 Å². The SMILES string of the molecule is CCc1nn(C)c(N)c1C(N)=O. The van der Waals surface area contributed by atoms with E-state index in [-0.39, 0.29) is 0 Å². The Bertz CT molecular complexity index is 315. The van der Waals surface area contributed by atoms with Crippen molar-refractivity contribution in [1.29, 1.82) is 0 Å². The Morgan fingerprint density at radius 1 is 1.67 bits per heavy atom. The Balaban J connectivity index is 3.31. The molecule has 0 spiro atoms. The van der Waals surface area contributed by atoms with Gasteiger partial charge in [0.15, 0.2) is 0 Å². The number of anilines is 1. The molecule has 0 unspecified atom stereocenters. The standard InChI is InChI=1S/C7H12N4O/c1-3-4-5(7(9)12)6(8)11(2)10-4/h3,8H2,1-2H3,(H2,9,12). The lowest BCUT2D eigenvalue weighted by Gasteiger charge is -1.95. The van der Waals surface area contributed by atoms with Crippen molar-refractivity contribution < 1.29 is 4.79 Å². The second-order valence-corrected chi connectivity index (χ2v) is 2.55. The van der Waals surface area contributed by atoms with Gasteiger partial charge in [-0.2, -0.15) is 5.10 Å². The van der Waals surface area contributed by atoms with Gasteiger partial charge in [-0.3, -0.25) is 9.48 Å². The van der Waals surface area contributed by atoms with Gasteiger partial charge in [-0.05, 0) is 6.42 Å². The minimum Gasteiger partial charge on any atom is -0.383 e. The number of carbonyl (C=O) groups excluding carboxylic acids is 1. The molecule has 5 nitrogen and oxygen atoms in total. The molecule has 0 aliphatic rings. The fourth-order valence-corrected chi connectivity index (χ4v) is 1.11. The minimum atomic E-state index is -0.516. The second-order valence-electron chi connectivity index (χ2n) is 2.55. The smallest absolute Gasteiger partial charge is 0.254 e. The highest BCUT2D eigenvalue weighted by Gasteiger charge is 2.16. The van der Waals surface area contributed by atoms with Crippen molar-refractivity contribution in [3.8, 4) is 0 Å². The third kappa shape index (κ3) is 1.13. The van der Waals surface area contributed by atoms with Gasteiger partial charge >= 0.3 is 0 Å². The summed E-state index contributed by atoms with van der Waals surface area (Å²) in [6.07, 6.45) is 0.656. The molecule has 0 saturated heterocycles. The van der Waals surface area contributed by atoms with Gasteiger partial charge in [0.2, 0.25) is 0 Å². The number of hydrogen-bond acceptors (Lipinski definition) is 3. The zero-order valence-corrected chi connectivity index (χ0v) is 7.16. The van der Waals surface area contributed by atoms with Crippen molar-refractivity contribution in [2.45, 2.75) is 13.3 Å². The zero-order valence-electron chi connectivity index (χ0n) is 7.16. The van der Waals surface area contributed by atoms with E-state index in [0.717, 1.165) is 0 Å². The van der Waals surface area contributed by atoms with Gasteiger partial charge < -0.3 is 11.5 Å². The molecule has 1 aromatic heterocycles. The van der Waals surface area contributed by atoms with E-state index in [2.05, 4.69) is 5.10 Å². The second kappa shape index (κ2) is 2.84. The van der Waals surface area contributed by atoms with Crippen LogP contribution < -0.4 is 11.5 Å². The maximum Gasteiger partial charge on any atom is 0.254 e. The van der Waals surface area contributed by atoms with E-state index in [9.17, 15) is 4.79 Å². The highest BCUT2D eigenvalue weighted by atomic mass is 16.1. The van der Waals surface area contributed by atoms with Gasteiger partial charge in [-0.15, -0.1) is 0 Å². The average Bonchev–Trinajstić information content (AvgIpc) is 2.28. The maximum atomic E-state index is 10.9. The molecule has 0 aromatic carbocycles. The molecule has 0 fully saturated rings. The van der Waals surface area contributed by atoms with E-state index in [1.807, 2.05) is 6.92 Å². The van der Waals surface area contributed by atoms with E-state index in [1.165, 1.54) is 4.68 Å². The van der Waals surface area contributed by atoms with E-state index in [4.69, 9.17) is 11.5 Å². The quantitative estimate of drug-likeness (QED) is 0.633. The van der Waals surface area contributed by atoms with Crippen LogP contribution in [0.15, 0.2) is 0 Å². The van der Waals surface area contributed by atoms with Crippen LogP contribution in [0, 0.1) is 0 Å². The number of hydrogen-bond donors (Lipinski definition) is 2. The molecule has 4 N–H and O–H groups in total. The Labute approximate surface area is 70.3 Å². The summed E-state index contributed by atoms with van der Waals surface area (Å²) in [5.41, 5.74) is 11.7. The molecule has 5 heteroatoms. The predicted octanol–water partition coefficient (Wildman–Crippen LogP) is -0.336. The summed E-state index contributed by atoms with van der Waals surface area (Å²) in [5.74, 6) is -0.184. The largest absolute Gasteiger partial charge is 0.383 e. The third-order valence-electron chi connectivity index (χ3n) is 1.75. The van der Waals surface area contributed by atoms with E-state index in [0.29, 0.717) is 23.5 Å². The summed E-state index contributed by atoms with van der Waals surface area (Å²) < 4.78 is 1.46. The monoisotopic (exact) mass is 168 g/mol. The normalized spacial score (nSPS) is 10.2. The number of nitrogen functional groups attached to an aromatic ring is 1. The lowest BCUT2D eigenvalue weighted by molar-refractivity contribution is 0.100. The summed E-state index contributed by atoms with van der Waals surface area (Å²) in [4.78, 5) is 10.9. The summed E-state index contributed by atoms with van der Waals surface area (Å²) >= 11 is 0. The fraction of sp³-hybridized carbons (Fsp3) is 0.429. The van der Waals surface area contributed by atoms with Crippen molar-refractivity contribution in [1.82, 2.24) is 9.78 Å². The molecule has 0 atom stereocenters. The van der Waals surface area contributed by atoms with Crippen molar-refractivity contribution >= 4 is 11.7 Å². The molecule has 66 valence electrons. The Morgan fingerprint density at radius 2 is 2.25 bits per heavy atom. The van der Waals surface area contributed by atoms with Crippen LogP contribution in [-0.4, -0.2) is 15.7 Å². The summed E-state index contributed by atoms with van der Waals surface area (Å²) in [5, 5.41) is 4.04. The van der Waals surface area contributed by atoms with Crippen molar-refractivity contribution in [3.05, 3.63) is 11.3 Å². The summed E-state index contributed by atoms with van der Waals surface area (Å²) in [7, 11) is 1.68. The molecular weight excluding hydrogens is 156 g/mol. The molecule has 0 bridgehead atoms. The topological polar surface area (TPSA) is 86.9 Å². The number of nitrogens with two attached hydrogens (primary N) is 2. The summed E-state index contributed by atoms with van der Waals surface area (Å²) in [6, 6.07) is 0. The average molecular weight is 168 g/mol. The predicted molar refractivity (Wildman–Crippen MR) is 45.5 cm³/mol. The molecule has 1 amide bonds. The van der Waals surface area contributed by atoms with Gasteiger partial charge in [-0.25, -0.2) is 0 Å².